The highest BCUT2D eigenvalue weighted by atomic mass is 19.1. The number of hydrogen-bond donors (Lipinski definition) is 2. The molecule has 0 aliphatic heterocycles. The summed E-state index contributed by atoms with van der Waals surface area (Å²) in [5.74, 6) is 4.49. The molecule has 4 heteroatoms. The highest BCUT2D eigenvalue weighted by molar-refractivity contribution is 5.87. The molecule has 27 heavy (non-hydrogen) atoms. The van der Waals surface area contributed by atoms with Crippen LogP contribution in [0.4, 0.5) is 4.39 Å². The highest BCUT2D eigenvalue weighted by Gasteiger charge is 2.00. The molecule has 3 aromatic rings. The summed E-state index contributed by atoms with van der Waals surface area (Å²) in [6.45, 7) is 1.98. The van der Waals surface area contributed by atoms with Crippen LogP contribution in [0, 0.1) is 17.7 Å². The van der Waals surface area contributed by atoms with E-state index < -0.39 is 5.97 Å². The molecule has 0 heterocycles. The minimum atomic E-state index is -0.965. The molecule has 0 fully saturated rings. The van der Waals surface area contributed by atoms with Gasteiger partial charge in [-0.1, -0.05) is 42.2 Å². The van der Waals surface area contributed by atoms with Crippen molar-refractivity contribution in [3.8, 4) is 11.8 Å². The Morgan fingerprint density at radius 3 is 1.78 bits per heavy atom. The summed E-state index contributed by atoms with van der Waals surface area (Å²) in [6.07, 6.45) is 0. The molecule has 3 N–H and O–H groups in total. The molecular formula is C23H20FNO2. The molecule has 0 spiro atoms. The van der Waals surface area contributed by atoms with Crippen molar-refractivity contribution in [3.05, 3.63) is 107 Å². The largest absolute Gasteiger partial charge is 0.478 e. The van der Waals surface area contributed by atoms with Gasteiger partial charge in [-0.05, 0) is 61.0 Å². The average molecular weight is 361 g/mol. The summed E-state index contributed by atoms with van der Waals surface area (Å²) in [4.78, 5) is 10.7. The van der Waals surface area contributed by atoms with Gasteiger partial charge in [0.1, 0.15) is 5.82 Å². The van der Waals surface area contributed by atoms with Gasteiger partial charge in [0.2, 0.25) is 0 Å². The second kappa shape index (κ2) is 9.91. The van der Waals surface area contributed by atoms with Gasteiger partial charge < -0.3 is 10.8 Å². The number of carboxylic acid groups (broad SMARTS) is 1. The fourth-order valence-corrected chi connectivity index (χ4v) is 2.13. The number of aromatic carboxylic acids is 1. The van der Waals surface area contributed by atoms with Gasteiger partial charge in [0.25, 0.3) is 0 Å². The first-order valence-electron chi connectivity index (χ1n) is 8.37. The van der Waals surface area contributed by atoms with Crippen molar-refractivity contribution in [2.24, 2.45) is 5.73 Å². The Kier molecular flexibility index (Phi) is 7.30. The van der Waals surface area contributed by atoms with Crippen LogP contribution in [0.2, 0.25) is 0 Å². The van der Waals surface area contributed by atoms with E-state index in [2.05, 4.69) is 11.8 Å². The van der Waals surface area contributed by atoms with E-state index in [0.717, 1.165) is 0 Å². The summed E-state index contributed by atoms with van der Waals surface area (Å²) in [5, 5.41) is 8.74. The topological polar surface area (TPSA) is 63.3 Å². The lowest BCUT2D eigenvalue weighted by atomic mass is 10.1. The molecule has 0 unspecified atom stereocenters. The number of nitrogens with two attached hydrogens (primary N) is 1. The van der Waals surface area contributed by atoms with Crippen molar-refractivity contribution >= 4 is 5.97 Å². The molecule has 0 saturated carbocycles. The van der Waals surface area contributed by atoms with Crippen LogP contribution in [-0.2, 0) is 0 Å². The number of benzene rings is 3. The van der Waals surface area contributed by atoms with Gasteiger partial charge in [-0.2, -0.15) is 0 Å². The zero-order valence-corrected chi connectivity index (χ0v) is 14.9. The predicted octanol–water partition coefficient (Wildman–Crippen LogP) is 4.63. The lowest BCUT2D eigenvalue weighted by Gasteiger charge is -2.02. The summed E-state index contributed by atoms with van der Waals surface area (Å²) < 4.78 is 12.7. The lowest BCUT2D eigenvalue weighted by Crippen LogP contribution is -2.03. The van der Waals surface area contributed by atoms with Crippen LogP contribution >= 0.6 is 0 Å². The third kappa shape index (κ3) is 6.77. The molecule has 3 nitrogen and oxygen atoms in total. The maximum Gasteiger partial charge on any atom is 0.335 e. The van der Waals surface area contributed by atoms with Crippen LogP contribution in [0.3, 0.4) is 0 Å². The Balaban J connectivity index is 0.000000244. The summed E-state index contributed by atoms with van der Waals surface area (Å²) in [6, 6.07) is 22.4. The first-order chi connectivity index (χ1) is 13.0. The Morgan fingerprint density at radius 2 is 1.37 bits per heavy atom. The lowest BCUT2D eigenvalue weighted by molar-refractivity contribution is 0.0697. The minimum Gasteiger partial charge on any atom is -0.478 e. The molecule has 0 aliphatic carbocycles. The quantitative estimate of drug-likeness (QED) is 0.654. The second-order valence-electron chi connectivity index (χ2n) is 5.84. The molecular weight excluding hydrogens is 341 g/mol. The molecule has 136 valence electrons. The van der Waals surface area contributed by atoms with Gasteiger partial charge in [0.05, 0.1) is 5.56 Å². The first kappa shape index (κ1) is 19.9. The van der Waals surface area contributed by atoms with Crippen molar-refractivity contribution in [1.29, 1.82) is 0 Å². The Bertz CT molecular complexity index is 922. The molecule has 1 atom stereocenters. The zero-order chi connectivity index (χ0) is 19.6. The van der Waals surface area contributed by atoms with E-state index in [-0.39, 0.29) is 17.4 Å². The Morgan fingerprint density at radius 1 is 0.889 bits per heavy atom. The fraction of sp³-hybridized carbons (Fsp3) is 0.0870. The zero-order valence-electron chi connectivity index (χ0n) is 14.9. The van der Waals surface area contributed by atoms with Crippen molar-refractivity contribution in [3.63, 3.8) is 0 Å². The standard InChI is InChI=1S/C15H9FO2.C8H11N/c16-14-9-5-12(6-10-14)2-1-11-3-7-13(8-4-11)15(17)18;1-7(9)8-5-3-2-4-6-8/h3-10H,(H,17,18);2-7H,9H2,1H3/t;7-/m.1/s1. The van der Waals surface area contributed by atoms with Crippen molar-refractivity contribution < 1.29 is 14.3 Å². The first-order valence-corrected chi connectivity index (χ1v) is 8.37. The van der Waals surface area contributed by atoms with Crippen LogP contribution < -0.4 is 5.73 Å². The molecule has 0 aromatic heterocycles. The second-order valence-corrected chi connectivity index (χ2v) is 5.84. The minimum absolute atomic E-state index is 0.159. The van der Waals surface area contributed by atoms with E-state index >= 15 is 0 Å². The van der Waals surface area contributed by atoms with E-state index in [1.165, 1.54) is 29.8 Å². The van der Waals surface area contributed by atoms with Crippen molar-refractivity contribution in [2.45, 2.75) is 13.0 Å². The molecule has 0 radical (unpaired) electrons. The predicted molar refractivity (Wildman–Crippen MR) is 105 cm³/mol. The van der Waals surface area contributed by atoms with E-state index in [1.807, 2.05) is 37.3 Å². The SMILES string of the molecule is C[C@@H](N)c1ccccc1.O=C(O)c1ccc(C#Cc2ccc(F)cc2)cc1. The van der Waals surface area contributed by atoms with Crippen LogP contribution in [-0.4, -0.2) is 11.1 Å². The normalized spacial score (nSPS) is 10.6. The van der Waals surface area contributed by atoms with Crippen LogP contribution in [0.25, 0.3) is 0 Å². The molecule has 0 amide bonds. The fourth-order valence-electron chi connectivity index (χ4n) is 2.13. The van der Waals surface area contributed by atoms with Gasteiger partial charge >= 0.3 is 5.97 Å². The molecule has 3 rings (SSSR count). The van der Waals surface area contributed by atoms with Crippen LogP contribution in [0.15, 0.2) is 78.9 Å². The average Bonchev–Trinajstić information content (AvgIpc) is 2.69. The Hall–Kier alpha value is -3.42. The maximum atomic E-state index is 12.7. The third-order valence-electron chi connectivity index (χ3n) is 3.65. The molecule has 3 aromatic carbocycles. The van der Waals surface area contributed by atoms with Crippen molar-refractivity contribution in [2.75, 3.05) is 0 Å². The Labute approximate surface area is 158 Å². The maximum absolute atomic E-state index is 12.7. The van der Waals surface area contributed by atoms with Gasteiger partial charge in [-0.3, -0.25) is 0 Å². The summed E-state index contributed by atoms with van der Waals surface area (Å²) in [5.41, 5.74) is 8.45. The van der Waals surface area contributed by atoms with E-state index in [1.54, 1.807) is 24.3 Å². The van der Waals surface area contributed by atoms with Crippen molar-refractivity contribution in [1.82, 2.24) is 0 Å². The van der Waals surface area contributed by atoms with E-state index in [0.29, 0.717) is 11.1 Å². The summed E-state index contributed by atoms with van der Waals surface area (Å²) >= 11 is 0. The van der Waals surface area contributed by atoms with E-state index in [9.17, 15) is 9.18 Å². The molecule has 0 saturated heterocycles. The van der Waals surface area contributed by atoms with Gasteiger partial charge in [0, 0.05) is 17.2 Å². The van der Waals surface area contributed by atoms with Gasteiger partial charge in [-0.15, -0.1) is 0 Å². The number of halogens is 1. The number of carbonyl (C=O) groups is 1. The van der Waals surface area contributed by atoms with E-state index in [4.69, 9.17) is 10.8 Å². The van der Waals surface area contributed by atoms with Gasteiger partial charge in [-0.25, -0.2) is 9.18 Å². The number of hydrogen-bond acceptors (Lipinski definition) is 2. The number of carboxylic acids is 1. The summed E-state index contributed by atoms with van der Waals surface area (Å²) in [7, 11) is 0. The third-order valence-corrected chi connectivity index (χ3v) is 3.65. The monoisotopic (exact) mass is 361 g/mol. The van der Waals surface area contributed by atoms with Crippen LogP contribution in [0.1, 0.15) is 40.0 Å². The van der Waals surface area contributed by atoms with Gasteiger partial charge in [0.15, 0.2) is 0 Å². The molecule has 0 aliphatic rings. The smallest absolute Gasteiger partial charge is 0.335 e. The highest BCUT2D eigenvalue weighted by Crippen LogP contribution is 2.06. The van der Waals surface area contributed by atoms with Crippen LogP contribution in [0.5, 0.6) is 0 Å². The molecule has 0 bridgehead atoms. The number of rotatable bonds is 2.